The Kier molecular flexibility index (Phi) is 5.85. The highest BCUT2D eigenvalue weighted by Crippen LogP contribution is 2.73. The topological polar surface area (TPSA) is 9.23 Å². The maximum atomic E-state index is 6.26. The van der Waals surface area contributed by atoms with E-state index >= 15 is 0 Å². The Labute approximate surface area is 150 Å². The molecule has 3 aromatic rings. The van der Waals surface area contributed by atoms with Crippen molar-refractivity contribution in [2.75, 3.05) is 0 Å². The molecule has 3 aromatic carbocycles. The molecule has 0 heterocycles. The molecule has 5 heteroatoms. The summed E-state index contributed by atoms with van der Waals surface area (Å²) in [6.07, 6.45) is 0. The number of para-hydroxylation sites is 1. The standard InChI is InChI=1S/C18H15OPS3/c21-20(19-16-10-4-1-5-11-16,22-17-12-6-2-7-13-17)23-18-14-8-3-9-15-18/h1-15H. The van der Waals surface area contributed by atoms with Crippen molar-refractivity contribution in [2.24, 2.45) is 0 Å². The Bertz CT molecular complexity index is 671. The van der Waals surface area contributed by atoms with Crippen LogP contribution in [-0.2, 0) is 11.8 Å². The van der Waals surface area contributed by atoms with Gasteiger partial charge >= 0.3 is 0 Å². The van der Waals surface area contributed by atoms with Crippen molar-refractivity contribution in [3.8, 4) is 5.75 Å². The molecule has 0 spiro atoms. The van der Waals surface area contributed by atoms with Crippen LogP contribution in [0.1, 0.15) is 0 Å². The summed E-state index contributed by atoms with van der Waals surface area (Å²) >= 11 is 9.26. The summed E-state index contributed by atoms with van der Waals surface area (Å²) in [7, 11) is 0. The molecule has 0 saturated carbocycles. The number of benzene rings is 3. The summed E-state index contributed by atoms with van der Waals surface area (Å²) in [6, 6.07) is 30.2. The van der Waals surface area contributed by atoms with Gasteiger partial charge in [-0.3, -0.25) is 0 Å². The minimum atomic E-state index is -2.22. The van der Waals surface area contributed by atoms with Gasteiger partial charge in [0.05, 0.1) is 0 Å². The van der Waals surface area contributed by atoms with E-state index < -0.39 is 4.67 Å². The summed E-state index contributed by atoms with van der Waals surface area (Å²) in [5, 5.41) is 0. The molecule has 0 aliphatic carbocycles. The average molecular weight is 374 g/mol. The molecule has 3 rings (SSSR count). The first-order chi connectivity index (χ1) is 11.2. The maximum Gasteiger partial charge on any atom is 0.231 e. The predicted molar refractivity (Wildman–Crippen MR) is 106 cm³/mol. The van der Waals surface area contributed by atoms with E-state index in [0.29, 0.717) is 0 Å². The van der Waals surface area contributed by atoms with E-state index in [1.165, 1.54) is 0 Å². The quantitative estimate of drug-likeness (QED) is 0.435. The smallest absolute Gasteiger partial charge is 0.231 e. The average Bonchev–Trinajstić information content (AvgIpc) is 2.57. The molecule has 116 valence electrons. The fourth-order valence-electron chi connectivity index (χ4n) is 1.89. The zero-order valence-electron chi connectivity index (χ0n) is 12.2. The molecule has 0 amide bonds. The van der Waals surface area contributed by atoms with Gasteiger partial charge in [-0.25, -0.2) is 0 Å². The van der Waals surface area contributed by atoms with Gasteiger partial charge in [0.15, 0.2) is 0 Å². The van der Waals surface area contributed by atoms with Crippen molar-refractivity contribution < 1.29 is 4.52 Å². The second kappa shape index (κ2) is 8.07. The van der Waals surface area contributed by atoms with Gasteiger partial charge in [0.1, 0.15) is 5.75 Å². The Morgan fingerprint density at radius 1 is 0.609 bits per heavy atom. The first-order valence-electron chi connectivity index (χ1n) is 7.07. The number of rotatable bonds is 6. The van der Waals surface area contributed by atoms with Crippen LogP contribution >= 0.6 is 27.4 Å². The van der Waals surface area contributed by atoms with Crippen LogP contribution in [0.3, 0.4) is 0 Å². The van der Waals surface area contributed by atoms with Crippen molar-refractivity contribution in [2.45, 2.75) is 9.79 Å². The van der Waals surface area contributed by atoms with Crippen LogP contribution < -0.4 is 4.52 Å². The van der Waals surface area contributed by atoms with E-state index in [0.717, 1.165) is 15.5 Å². The Morgan fingerprint density at radius 3 is 1.43 bits per heavy atom. The molecule has 23 heavy (non-hydrogen) atoms. The summed E-state index contributed by atoms with van der Waals surface area (Å²) in [4.78, 5) is 2.27. The van der Waals surface area contributed by atoms with Crippen molar-refractivity contribution >= 4 is 39.2 Å². The first-order valence-corrected chi connectivity index (χ1v) is 12.6. The molecule has 0 aliphatic heterocycles. The van der Waals surface area contributed by atoms with Crippen molar-refractivity contribution in [3.05, 3.63) is 91.0 Å². The van der Waals surface area contributed by atoms with E-state index in [1.807, 2.05) is 66.7 Å². The van der Waals surface area contributed by atoms with Crippen molar-refractivity contribution in [1.29, 1.82) is 0 Å². The van der Waals surface area contributed by atoms with Gasteiger partial charge in [-0.1, -0.05) is 54.6 Å². The van der Waals surface area contributed by atoms with E-state index in [9.17, 15) is 0 Å². The first kappa shape index (κ1) is 16.7. The molecular formula is C18H15OPS3. The summed E-state index contributed by atoms with van der Waals surface area (Å²) in [5.74, 6) is 0.822. The molecule has 0 bridgehead atoms. The Morgan fingerprint density at radius 2 is 1.00 bits per heavy atom. The van der Waals surface area contributed by atoms with E-state index in [2.05, 4.69) is 24.3 Å². The monoisotopic (exact) mass is 374 g/mol. The minimum absolute atomic E-state index is 0.822. The van der Waals surface area contributed by atoms with Crippen LogP contribution in [-0.4, -0.2) is 0 Å². The lowest BCUT2D eigenvalue weighted by Gasteiger charge is -2.21. The SMILES string of the molecule is S=P(Oc1ccccc1)(Sc1ccccc1)Sc1ccccc1. The van der Waals surface area contributed by atoms with Crippen LogP contribution in [0.5, 0.6) is 5.75 Å². The molecule has 0 N–H and O–H groups in total. The van der Waals surface area contributed by atoms with Gasteiger partial charge in [0.25, 0.3) is 0 Å². The van der Waals surface area contributed by atoms with Gasteiger partial charge in [0.2, 0.25) is 4.67 Å². The van der Waals surface area contributed by atoms with Gasteiger partial charge in [-0.05, 0) is 71.0 Å². The Balaban J connectivity index is 1.87. The summed E-state index contributed by atoms with van der Waals surface area (Å²) in [6.45, 7) is 0. The highest BCUT2D eigenvalue weighted by atomic mass is 33.2. The largest absolute Gasteiger partial charge is 0.447 e. The van der Waals surface area contributed by atoms with Crippen LogP contribution in [0.4, 0.5) is 0 Å². The third kappa shape index (κ3) is 5.15. The van der Waals surface area contributed by atoms with E-state index in [4.69, 9.17) is 16.3 Å². The fourth-order valence-corrected chi connectivity index (χ4v) is 10.3. The van der Waals surface area contributed by atoms with Crippen LogP contribution in [0.15, 0.2) is 101 Å². The van der Waals surface area contributed by atoms with Gasteiger partial charge in [-0.15, -0.1) is 0 Å². The second-order valence-electron chi connectivity index (χ2n) is 4.66. The lowest BCUT2D eigenvalue weighted by molar-refractivity contribution is 0.637. The predicted octanol–water partition coefficient (Wildman–Crippen LogP) is 6.87. The molecule has 0 aromatic heterocycles. The molecule has 1 nitrogen and oxygen atoms in total. The third-order valence-electron chi connectivity index (χ3n) is 2.88. The maximum absolute atomic E-state index is 6.26. The highest BCUT2D eigenvalue weighted by Gasteiger charge is 2.23. The van der Waals surface area contributed by atoms with E-state index in [1.54, 1.807) is 22.8 Å². The molecular weight excluding hydrogens is 359 g/mol. The molecule has 0 fully saturated rings. The lowest BCUT2D eigenvalue weighted by atomic mass is 10.3. The molecule has 0 saturated heterocycles. The van der Waals surface area contributed by atoms with Crippen LogP contribution in [0.2, 0.25) is 0 Å². The van der Waals surface area contributed by atoms with Gasteiger partial charge in [-0.2, -0.15) is 0 Å². The lowest BCUT2D eigenvalue weighted by Crippen LogP contribution is -1.86. The van der Waals surface area contributed by atoms with Crippen molar-refractivity contribution in [3.63, 3.8) is 0 Å². The zero-order valence-corrected chi connectivity index (χ0v) is 15.6. The minimum Gasteiger partial charge on any atom is -0.447 e. The molecule has 0 unspecified atom stereocenters. The number of hydrogen-bond acceptors (Lipinski definition) is 4. The summed E-state index contributed by atoms with van der Waals surface area (Å²) < 4.78 is 4.04. The molecule has 0 aliphatic rings. The Hall–Kier alpha value is -1.19. The van der Waals surface area contributed by atoms with E-state index in [-0.39, 0.29) is 0 Å². The van der Waals surface area contributed by atoms with Crippen LogP contribution in [0.25, 0.3) is 0 Å². The van der Waals surface area contributed by atoms with Crippen LogP contribution in [0, 0.1) is 0 Å². The molecule has 0 atom stereocenters. The van der Waals surface area contributed by atoms with Crippen molar-refractivity contribution in [1.82, 2.24) is 0 Å². The summed E-state index contributed by atoms with van der Waals surface area (Å²) in [5.41, 5.74) is 0. The zero-order chi connectivity index (χ0) is 16.0. The molecule has 0 radical (unpaired) electrons. The normalized spacial score (nSPS) is 11.1. The van der Waals surface area contributed by atoms with Gasteiger partial charge in [0, 0.05) is 9.79 Å². The van der Waals surface area contributed by atoms with Gasteiger partial charge < -0.3 is 4.52 Å². The fraction of sp³-hybridized carbons (Fsp3) is 0. The highest BCUT2D eigenvalue weighted by molar-refractivity contribution is 8.99. The third-order valence-corrected chi connectivity index (χ3v) is 10.7. The number of hydrogen-bond donors (Lipinski definition) is 0. The second-order valence-corrected chi connectivity index (χ2v) is 14.8.